The van der Waals surface area contributed by atoms with Crippen molar-refractivity contribution in [2.45, 2.75) is 33.1 Å². The summed E-state index contributed by atoms with van der Waals surface area (Å²) in [5.74, 6) is -0.853. The summed E-state index contributed by atoms with van der Waals surface area (Å²) in [5.41, 5.74) is 2.64. The molecule has 0 saturated carbocycles. The van der Waals surface area contributed by atoms with E-state index >= 15 is 0 Å². The van der Waals surface area contributed by atoms with Crippen LogP contribution in [0.15, 0.2) is 54.6 Å². The number of carbonyl (C=O) groups is 2. The molecule has 1 aromatic heterocycles. The van der Waals surface area contributed by atoms with Gasteiger partial charge in [-0.1, -0.05) is 39.0 Å². The smallest absolute Gasteiger partial charge is 0.254 e. The zero-order valence-electron chi connectivity index (χ0n) is 20.3. The molecule has 0 fully saturated rings. The summed E-state index contributed by atoms with van der Waals surface area (Å²) in [5, 5.41) is 7.63. The molecular weight excluding hydrogens is 435 g/mol. The van der Waals surface area contributed by atoms with E-state index in [9.17, 15) is 14.0 Å². The number of hydrogen-bond acceptors (Lipinski definition) is 4. The Morgan fingerprint density at radius 3 is 2.50 bits per heavy atom. The number of anilines is 1. The van der Waals surface area contributed by atoms with Gasteiger partial charge in [-0.05, 0) is 42.8 Å². The van der Waals surface area contributed by atoms with Crippen LogP contribution >= 0.6 is 0 Å². The Labute approximate surface area is 199 Å². The maximum Gasteiger partial charge on any atom is 0.254 e. The van der Waals surface area contributed by atoms with Crippen LogP contribution in [0.2, 0.25) is 0 Å². The zero-order valence-corrected chi connectivity index (χ0v) is 20.3. The second kappa shape index (κ2) is 10.6. The van der Waals surface area contributed by atoms with Gasteiger partial charge in [-0.2, -0.15) is 5.10 Å². The van der Waals surface area contributed by atoms with Crippen molar-refractivity contribution in [1.29, 1.82) is 0 Å². The van der Waals surface area contributed by atoms with Crippen molar-refractivity contribution in [1.82, 2.24) is 14.7 Å². The van der Waals surface area contributed by atoms with E-state index in [4.69, 9.17) is 9.84 Å². The lowest BCUT2D eigenvalue weighted by atomic mass is 9.92. The first kappa shape index (κ1) is 25.1. The first-order valence-corrected chi connectivity index (χ1v) is 11.1. The fraction of sp³-hybridized carbons (Fsp3) is 0.346. The summed E-state index contributed by atoms with van der Waals surface area (Å²) in [7, 11) is 1.51. The molecule has 0 saturated heterocycles. The third kappa shape index (κ3) is 6.29. The Balaban J connectivity index is 1.86. The van der Waals surface area contributed by atoms with Gasteiger partial charge in [0.15, 0.2) is 0 Å². The Morgan fingerprint density at radius 2 is 1.85 bits per heavy atom. The minimum atomic E-state index is -0.515. The number of nitrogens with one attached hydrogen (secondary N) is 1. The maximum atomic E-state index is 13.6. The molecule has 0 bridgehead atoms. The van der Waals surface area contributed by atoms with Crippen molar-refractivity contribution in [2.24, 2.45) is 0 Å². The largest absolute Gasteiger partial charge is 0.383 e. The van der Waals surface area contributed by atoms with E-state index in [-0.39, 0.29) is 30.7 Å². The number of nitrogens with zero attached hydrogens (tertiary/aromatic N) is 3. The van der Waals surface area contributed by atoms with Gasteiger partial charge in [-0.3, -0.25) is 9.59 Å². The molecule has 2 aromatic carbocycles. The van der Waals surface area contributed by atoms with Gasteiger partial charge in [-0.15, -0.1) is 0 Å². The quantitative estimate of drug-likeness (QED) is 0.536. The molecule has 0 radical (unpaired) electrons. The molecule has 34 heavy (non-hydrogen) atoms. The van der Waals surface area contributed by atoms with Crippen molar-refractivity contribution in [3.63, 3.8) is 0 Å². The summed E-state index contributed by atoms with van der Waals surface area (Å²) < 4.78 is 20.4. The molecule has 0 aliphatic carbocycles. The van der Waals surface area contributed by atoms with Gasteiger partial charge in [0.2, 0.25) is 5.91 Å². The average molecular weight is 467 g/mol. The molecule has 1 N–H and O–H groups in total. The molecular formula is C26H31FN4O3. The highest BCUT2D eigenvalue weighted by molar-refractivity contribution is 5.99. The topological polar surface area (TPSA) is 76.5 Å². The van der Waals surface area contributed by atoms with Crippen LogP contribution in [0, 0.1) is 12.7 Å². The van der Waals surface area contributed by atoms with Crippen LogP contribution in [0.4, 0.5) is 10.2 Å². The van der Waals surface area contributed by atoms with E-state index in [0.29, 0.717) is 5.82 Å². The summed E-state index contributed by atoms with van der Waals surface area (Å²) in [6, 6.07) is 15.1. The van der Waals surface area contributed by atoms with E-state index in [2.05, 4.69) is 5.32 Å². The van der Waals surface area contributed by atoms with Crippen LogP contribution in [0.1, 0.15) is 42.4 Å². The Bertz CT molecular complexity index is 1170. The minimum Gasteiger partial charge on any atom is -0.383 e. The van der Waals surface area contributed by atoms with Crippen molar-refractivity contribution in [2.75, 3.05) is 32.1 Å². The first-order chi connectivity index (χ1) is 16.1. The lowest BCUT2D eigenvalue weighted by molar-refractivity contribution is -0.117. The predicted octanol–water partition coefficient (Wildman–Crippen LogP) is 4.34. The Morgan fingerprint density at radius 1 is 1.12 bits per heavy atom. The molecule has 1 heterocycles. The van der Waals surface area contributed by atoms with Crippen LogP contribution in [0.25, 0.3) is 5.69 Å². The van der Waals surface area contributed by atoms with E-state index in [1.165, 1.54) is 30.2 Å². The van der Waals surface area contributed by atoms with Gasteiger partial charge < -0.3 is 15.0 Å². The second-order valence-electron chi connectivity index (χ2n) is 9.19. The summed E-state index contributed by atoms with van der Waals surface area (Å²) in [6.45, 7) is 8.33. The van der Waals surface area contributed by atoms with Crippen molar-refractivity contribution in [3.8, 4) is 5.69 Å². The van der Waals surface area contributed by atoms with E-state index in [1.807, 2.05) is 58.0 Å². The highest BCUT2D eigenvalue weighted by Crippen LogP contribution is 2.26. The lowest BCUT2D eigenvalue weighted by Crippen LogP contribution is -2.40. The van der Waals surface area contributed by atoms with Crippen LogP contribution in [-0.2, 0) is 14.9 Å². The molecule has 3 rings (SSSR count). The fourth-order valence-corrected chi connectivity index (χ4v) is 3.41. The summed E-state index contributed by atoms with van der Waals surface area (Å²) in [6.07, 6.45) is 0. The number of rotatable bonds is 8. The van der Waals surface area contributed by atoms with E-state index in [1.54, 1.807) is 4.68 Å². The normalized spacial score (nSPS) is 11.4. The molecule has 0 aliphatic rings. The number of hydrogen-bond donors (Lipinski definition) is 1. The SMILES string of the molecule is COCCN(CC(=O)Nc1cc(C(C)(C)C)nn1-c1cccc(C)c1)C(=O)c1cccc(F)c1. The number of ether oxygens (including phenoxy) is 1. The number of carbonyl (C=O) groups excluding carboxylic acids is 2. The number of amides is 2. The van der Waals surface area contributed by atoms with Gasteiger partial charge >= 0.3 is 0 Å². The van der Waals surface area contributed by atoms with Crippen molar-refractivity contribution >= 4 is 17.6 Å². The minimum absolute atomic E-state index is 0.170. The molecule has 8 heteroatoms. The number of aryl methyl sites for hydroxylation is 1. The first-order valence-electron chi connectivity index (χ1n) is 11.1. The van der Waals surface area contributed by atoms with Crippen molar-refractivity contribution in [3.05, 3.63) is 77.2 Å². The van der Waals surface area contributed by atoms with Gasteiger partial charge in [0.05, 0.1) is 18.0 Å². The lowest BCUT2D eigenvalue weighted by Gasteiger charge is -2.22. The van der Waals surface area contributed by atoms with E-state index < -0.39 is 17.6 Å². The van der Waals surface area contributed by atoms with Crippen LogP contribution in [0.3, 0.4) is 0 Å². The molecule has 3 aromatic rings. The zero-order chi connectivity index (χ0) is 24.9. The number of methoxy groups -OCH3 is 1. The molecule has 0 spiro atoms. The molecule has 2 amide bonds. The summed E-state index contributed by atoms with van der Waals surface area (Å²) >= 11 is 0. The van der Waals surface area contributed by atoms with Crippen LogP contribution in [-0.4, -0.2) is 53.3 Å². The standard InChI is InChI=1S/C26H31FN4O3/c1-18-8-6-11-21(14-18)31-23(16-22(29-31)26(2,3)4)28-24(32)17-30(12-13-34-5)25(33)19-9-7-10-20(27)15-19/h6-11,14-16H,12-13,17H2,1-5H3,(H,28,32). The average Bonchev–Trinajstić information content (AvgIpc) is 3.20. The Kier molecular flexibility index (Phi) is 7.83. The third-order valence-electron chi connectivity index (χ3n) is 5.25. The molecule has 0 aliphatic heterocycles. The third-order valence-corrected chi connectivity index (χ3v) is 5.25. The van der Waals surface area contributed by atoms with Gasteiger partial charge in [0.25, 0.3) is 5.91 Å². The molecule has 0 atom stereocenters. The van der Waals surface area contributed by atoms with Gasteiger partial charge in [-0.25, -0.2) is 9.07 Å². The van der Waals surface area contributed by atoms with Gasteiger partial charge in [0, 0.05) is 30.7 Å². The highest BCUT2D eigenvalue weighted by atomic mass is 19.1. The number of aromatic nitrogens is 2. The van der Waals surface area contributed by atoms with Gasteiger partial charge in [0.1, 0.15) is 18.2 Å². The fourth-order valence-electron chi connectivity index (χ4n) is 3.41. The monoisotopic (exact) mass is 466 g/mol. The Hall–Kier alpha value is -3.52. The number of halogens is 1. The summed E-state index contributed by atoms with van der Waals surface area (Å²) in [4.78, 5) is 27.3. The molecule has 180 valence electrons. The number of benzene rings is 2. The molecule has 7 nitrogen and oxygen atoms in total. The second-order valence-corrected chi connectivity index (χ2v) is 9.19. The highest BCUT2D eigenvalue weighted by Gasteiger charge is 2.23. The predicted molar refractivity (Wildman–Crippen MR) is 130 cm³/mol. The van der Waals surface area contributed by atoms with Crippen molar-refractivity contribution < 1.29 is 18.7 Å². The van der Waals surface area contributed by atoms with Crippen LogP contribution < -0.4 is 5.32 Å². The molecule has 0 unspecified atom stereocenters. The maximum absolute atomic E-state index is 13.6. The van der Waals surface area contributed by atoms with E-state index in [0.717, 1.165) is 23.0 Å². The van der Waals surface area contributed by atoms with Crippen LogP contribution in [0.5, 0.6) is 0 Å².